The van der Waals surface area contributed by atoms with E-state index in [4.69, 9.17) is 6.42 Å². The van der Waals surface area contributed by atoms with Gasteiger partial charge in [-0.15, -0.1) is 6.42 Å². The van der Waals surface area contributed by atoms with Gasteiger partial charge in [0.1, 0.15) is 5.54 Å². The van der Waals surface area contributed by atoms with Crippen molar-refractivity contribution in [2.75, 3.05) is 26.7 Å². The van der Waals surface area contributed by atoms with Crippen LogP contribution in [0.4, 0.5) is 4.79 Å². The number of carbonyl (C=O) groups is 2. The Kier molecular flexibility index (Phi) is 4.78. The summed E-state index contributed by atoms with van der Waals surface area (Å²) in [7, 11) is 1.60. The van der Waals surface area contributed by atoms with E-state index in [-0.39, 0.29) is 18.4 Å². The Morgan fingerprint density at radius 3 is 2.86 bits per heavy atom. The van der Waals surface area contributed by atoms with Crippen molar-refractivity contribution in [1.29, 1.82) is 0 Å². The summed E-state index contributed by atoms with van der Waals surface area (Å²) >= 11 is 0. The first-order valence-electron chi connectivity index (χ1n) is 7.13. The summed E-state index contributed by atoms with van der Waals surface area (Å²) in [6, 6.07) is 3.17. The van der Waals surface area contributed by atoms with E-state index in [1.165, 1.54) is 4.90 Å². The molecule has 0 bridgehead atoms. The molecule has 1 saturated heterocycles. The van der Waals surface area contributed by atoms with Gasteiger partial charge in [-0.3, -0.25) is 9.78 Å². The van der Waals surface area contributed by atoms with Crippen molar-refractivity contribution in [2.45, 2.75) is 18.9 Å². The number of aromatic nitrogens is 1. The van der Waals surface area contributed by atoms with Crippen LogP contribution in [0.3, 0.4) is 0 Å². The van der Waals surface area contributed by atoms with Crippen molar-refractivity contribution in [2.24, 2.45) is 0 Å². The number of nitrogens with zero attached hydrogens (tertiary/aromatic N) is 2. The van der Waals surface area contributed by atoms with E-state index in [9.17, 15) is 9.59 Å². The lowest BCUT2D eigenvalue weighted by molar-refractivity contribution is 0.0866. The van der Waals surface area contributed by atoms with Gasteiger partial charge in [0.05, 0.1) is 6.54 Å². The average molecular weight is 300 g/mol. The normalized spacial score (nSPS) is 20.2. The zero-order valence-corrected chi connectivity index (χ0v) is 12.8. The standard InChI is InChI=1S/C16H20N4O2/c1-4-9-20(3)15(22)19-16(7-8-17-11-16)14(21)13-6-5-12(2)18-10-13/h1,5-6,10,17H,7-9,11H2,2-3H3,(H,19,22)/t16-/m1/s1. The zero-order chi connectivity index (χ0) is 16.2. The monoisotopic (exact) mass is 300 g/mol. The summed E-state index contributed by atoms with van der Waals surface area (Å²) in [4.78, 5) is 30.6. The molecule has 0 radical (unpaired) electrons. The second-order valence-electron chi connectivity index (χ2n) is 5.52. The molecule has 2 heterocycles. The Balaban J connectivity index is 2.21. The van der Waals surface area contributed by atoms with Crippen LogP contribution in [0.1, 0.15) is 22.5 Å². The molecule has 6 nitrogen and oxygen atoms in total. The van der Waals surface area contributed by atoms with E-state index in [1.807, 2.05) is 6.92 Å². The quantitative estimate of drug-likeness (QED) is 0.630. The van der Waals surface area contributed by atoms with Crippen LogP contribution in [0.2, 0.25) is 0 Å². The van der Waals surface area contributed by atoms with Crippen LogP contribution in [0, 0.1) is 19.3 Å². The molecule has 0 aromatic carbocycles. The molecular formula is C16H20N4O2. The second kappa shape index (κ2) is 6.58. The summed E-state index contributed by atoms with van der Waals surface area (Å²) < 4.78 is 0. The van der Waals surface area contributed by atoms with Crippen molar-refractivity contribution >= 4 is 11.8 Å². The lowest BCUT2D eigenvalue weighted by Crippen LogP contribution is -2.58. The summed E-state index contributed by atoms with van der Waals surface area (Å²) in [6.45, 7) is 3.12. The molecule has 1 aromatic heterocycles. The SMILES string of the molecule is C#CCN(C)C(=O)N[C@]1(C(=O)c2ccc(C)nc2)CCNC1. The van der Waals surface area contributed by atoms with Gasteiger partial charge in [0.2, 0.25) is 0 Å². The fourth-order valence-electron chi connectivity index (χ4n) is 2.44. The molecule has 0 saturated carbocycles. The van der Waals surface area contributed by atoms with Crippen molar-refractivity contribution in [3.63, 3.8) is 0 Å². The number of hydrogen-bond acceptors (Lipinski definition) is 4. The molecule has 1 atom stereocenters. The van der Waals surface area contributed by atoms with Gasteiger partial charge in [-0.2, -0.15) is 0 Å². The van der Waals surface area contributed by atoms with Gasteiger partial charge in [0.15, 0.2) is 5.78 Å². The van der Waals surface area contributed by atoms with Gasteiger partial charge < -0.3 is 15.5 Å². The lowest BCUT2D eigenvalue weighted by Gasteiger charge is -2.30. The molecule has 22 heavy (non-hydrogen) atoms. The minimum absolute atomic E-state index is 0.132. The minimum Gasteiger partial charge on any atom is -0.324 e. The number of carbonyl (C=O) groups excluding carboxylic acids is 2. The highest BCUT2D eigenvalue weighted by Crippen LogP contribution is 2.21. The van der Waals surface area contributed by atoms with E-state index in [0.29, 0.717) is 25.1 Å². The molecule has 1 fully saturated rings. The summed E-state index contributed by atoms with van der Waals surface area (Å²) in [6.07, 6.45) is 7.30. The van der Waals surface area contributed by atoms with Crippen LogP contribution in [0.15, 0.2) is 18.3 Å². The highest BCUT2D eigenvalue weighted by Gasteiger charge is 2.43. The third kappa shape index (κ3) is 3.26. The van der Waals surface area contributed by atoms with Gasteiger partial charge in [0, 0.05) is 31.0 Å². The molecule has 0 aliphatic carbocycles. The van der Waals surface area contributed by atoms with Gasteiger partial charge in [-0.25, -0.2) is 4.79 Å². The van der Waals surface area contributed by atoms with Crippen LogP contribution in [0.25, 0.3) is 0 Å². The maximum Gasteiger partial charge on any atom is 0.318 e. The first-order valence-corrected chi connectivity index (χ1v) is 7.13. The average Bonchev–Trinajstić information content (AvgIpc) is 2.97. The van der Waals surface area contributed by atoms with E-state index in [0.717, 1.165) is 5.69 Å². The maximum atomic E-state index is 12.8. The number of pyridine rings is 1. The van der Waals surface area contributed by atoms with E-state index in [1.54, 1.807) is 25.4 Å². The molecule has 2 rings (SSSR count). The summed E-state index contributed by atoms with van der Waals surface area (Å²) in [5.74, 6) is 2.28. The molecular weight excluding hydrogens is 280 g/mol. The maximum absolute atomic E-state index is 12.8. The van der Waals surface area contributed by atoms with Crippen LogP contribution in [0.5, 0.6) is 0 Å². The van der Waals surface area contributed by atoms with E-state index >= 15 is 0 Å². The number of aryl methyl sites for hydroxylation is 1. The first-order chi connectivity index (χ1) is 10.5. The molecule has 6 heteroatoms. The molecule has 1 aromatic rings. The smallest absolute Gasteiger partial charge is 0.318 e. The van der Waals surface area contributed by atoms with Crippen molar-refractivity contribution in [1.82, 2.24) is 20.5 Å². The number of hydrogen-bond donors (Lipinski definition) is 2. The topological polar surface area (TPSA) is 74.3 Å². The number of amides is 2. The number of urea groups is 1. The number of ketones is 1. The molecule has 0 unspecified atom stereocenters. The highest BCUT2D eigenvalue weighted by atomic mass is 16.2. The molecule has 1 aliphatic rings. The van der Waals surface area contributed by atoms with Crippen LogP contribution < -0.4 is 10.6 Å². The molecule has 1 aliphatic heterocycles. The Labute approximate surface area is 130 Å². The predicted octanol–water partition coefficient (Wildman–Crippen LogP) is 0.579. The van der Waals surface area contributed by atoms with Crippen LogP contribution >= 0.6 is 0 Å². The number of rotatable bonds is 4. The fraction of sp³-hybridized carbons (Fsp3) is 0.438. The van der Waals surface area contributed by atoms with Gasteiger partial charge in [-0.05, 0) is 32.0 Å². The third-order valence-electron chi connectivity index (χ3n) is 3.78. The molecule has 2 N–H and O–H groups in total. The highest BCUT2D eigenvalue weighted by molar-refractivity contribution is 6.05. The van der Waals surface area contributed by atoms with Crippen molar-refractivity contribution in [3.05, 3.63) is 29.6 Å². The Morgan fingerprint density at radius 1 is 1.55 bits per heavy atom. The van der Waals surface area contributed by atoms with Gasteiger partial charge >= 0.3 is 6.03 Å². The van der Waals surface area contributed by atoms with Crippen LogP contribution in [-0.2, 0) is 0 Å². The van der Waals surface area contributed by atoms with E-state index in [2.05, 4.69) is 21.5 Å². The Bertz CT molecular complexity index is 598. The van der Waals surface area contributed by atoms with E-state index < -0.39 is 5.54 Å². The molecule has 2 amide bonds. The predicted molar refractivity (Wildman–Crippen MR) is 83.5 cm³/mol. The Hall–Kier alpha value is -2.39. The lowest BCUT2D eigenvalue weighted by atomic mass is 9.89. The largest absolute Gasteiger partial charge is 0.324 e. The van der Waals surface area contributed by atoms with Gasteiger partial charge in [-0.1, -0.05) is 5.92 Å². The number of Topliss-reactive ketones (excluding diaryl/α,β-unsaturated/α-hetero) is 1. The number of terminal acetylenes is 1. The second-order valence-corrected chi connectivity index (χ2v) is 5.52. The van der Waals surface area contributed by atoms with Crippen molar-refractivity contribution < 1.29 is 9.59 Å². The number of nitrogens with one attached hydrogen (secondary N) is 2. The fourth-order valence-corrected chi connectivity index (χ4v) is 2.44. The van der Waals surface area contributed by atoms with Crippen LogP contribution in [-0.4, -0.2) is 53.9 Å². The molecule has 0 spiro atoms. The van der Waals surface area contributed by atoms with Crippen molar-refractivity contribution in [3.8, 4) is 12.3 Å². The summed E-state index contributed by atoms with van der Waals surface area (Å²) in [5.41, 5.74) is 0.388. The third-order valence-corrected chi connectivity index (χ3v) is 3.78. The van der Waals surface area contributed by atoms with Gasteiger partial charge in [0.25, 0.3) is 0 Å². The summed E-state index contributed by atoms with van der Waals surface area (Å²) in [5, 5.41) is 5.98. The minimum atomic E-state index is -0.948. The molecule has 116 valence electrons. The Morgan fingerprint density at radius 2 is 2.32 bits per heavy atom. The zero-order valence-electron chi connectivity index (χ0n) is 12.8. The first kappa shape index (κ1) is 16.0.